The minimum Gasteiger partial charge on any atom is -0.309 e. The van der Waals surface area contributed by atoms with Crippen LogP contribution >= 0.6 is 11.3 Å². The maximum Gasteiger partial charge on any atom is 0.324 e. The molecule has 0 aromatic carbocycles. The van der Waals surface area contributed by atoms with E-state index in [1.807, 2.05) is 19.5 Å². The maximum absolute atomic E-state index is 10.4. The molecule has 0 atom stereocenters. The molecule has 0 spiro atoms. The van der Waals surface area contributed by atoms with E-state index in [9.17, 15) is 10.1 Å². The Bertz CT molecular complexity index is 310. The summed E-state index contributed by atoms with van der Waals surface area (Å²) in [6, 6.07) is 1.67. The third-order valence-electron chi connectivity index (χ3n) is 1.89. The summed E-state index contributed by atoms with van der Waals surface area (Å²) < 4.78 is 0. The van der Waals surface area contributed by atoms with Crippen LogP contribution in [0.4, 0.5) is 5.00 Å². The van der Waals surface area contributed by atoms with E-state index < -0.39 is 0 Å². The van der Waals surface area contributed by atoms with E-state index in [1.54, 1.807) is 6.07 Å². The smallest absolute Gasteiger partial charge is 0.309 e. The van der Waals surface area contributed by atoms with Crippen LogP contribution in [0.1, 0.15) is 12.0 Å². The molecule has 0 aliphatic heterocycles. The highest BCUT2D eigenvalue weighted by Gasteiger charge is 2.08. The monoisotopic (exact) mass is 214 g/mol. The molecular formula is C9H14N2O2S. The average molecular weight is 214 g/mol. The van der Waals surface area contributed by atoms with Crippen molar-refractivity contribution in [3.8, 4) is 0 Å². The average Bonchev–Trinajstić information content (AvgIpc) is 2.52. The van der Waals surface area contributed by atoms with E-state index in [-0.39, 0.29) is 9.92 Å². The van der Waals surface area contributed by atoms with Gasteiger partial charge in [-0.1, -0.05) is 11.3 Å². The summed E-state index contributed by atoms with van der Waals surface area (Å²) >= 11 is 1.20. The lowest BCUT2D eigenvalue weighted by Crippen LogP contribution is -2.13. The molecule has 0 aliphatic rings. The lowest BCUT2D eigenvalue weighted by molar-refractivity contribution is -0.380. The van der Waals surface area contributed by atoms with Gasteiger partial charge in [0.2, 0.25) is 0 Å². The van der Waals surface area contributed by atoms with Crippen molar-refractivity contribution in [2.24, 2.45) is 0 Å². The molecule has 1 heterocycles. The second-order valence-electron chi connectivity index (χ2n) is 3.46. The number of nitrogens with zero attached hydrogens (tertiary/aromatic N) is 2. The van der Waals surface area contributed by atoms with Gasteiger partial charge in [-0.05, 0) is 39.0 Å². The van der Waals surface area contributed by atoms with Crippen LogP contribution in [0, 0.1) is 10.1 Å². The second-order valence-corrected chi connectivity index (χ2v) is 4.35. The van der Waals surface area contributed by atoms with Crippen molar-refractivity contribution < 1.29 is 4.92 Å². The van der Waals surface area contributed by atoms with Crippen LogP contribution in [-0.2, 0) is 6.42 Å². The van der Waals surface area contributed by atoms with Crippen LogP contribution in [0.15, 0.2) is 11.4 Å². The molecule has 5 heteroatoms. The zero-order chi connectivity index (χ0) is 10.6. The van der Waals surface area contributed by atoms with Gasteiger partial charge < -0.3 is 4.90 Å². The standard InChI is InChI=1S/C9H14N2O2S/c1-10(2)5-3-4-8-6-9(11(12)13)14-7-8/h6-7H,3-5H2,1-2H3. The first-order chi connectivity index (χ1) is 6.59. The Morgan fingerprint density at radius 1 is 1.57 bits per heavy atom. The van der Waals surface area contributed by atoms with Gasteiger partial charge in [0.1, 0.15) is 0 Å². The molecule has 78 valence electrons. The zero-order valence-corrected chi connectivity index (χ0v) is 9.21. The van der Waals surface area contributed by atoms with Crippen LogP contribution in [0.2, 0.25) is 0 Å². The predicted octanol–water partition coefficient (Wildman–Crippen LogP) is 2.15. The quantitative estimate of drug-likeness (QED) is 0.557. The van der Waals surface area contributed by atoms with Gasteiger partial charge in [-0.15, -0.1) is 0 Å². The molecule has 0 radical (unpaired) electrons. The van der Waals surface area contributed by atoms with Crippen LogP contribution in [0.3, 0.4) is 0 Å². The first kappa shape index (κ1) is 11.1. The highest BCUT2D eigenvalue weighted by Crippen LogP contribution is 2.23. The van der Waals surface area contributed by atoms with Crippen molar-refractivity contribution in [3.05, 3.63) is 27.1 Å². The topological polar surface area (TPSA) is 46.4 Å². The molecule has 0 amide bonds. The number of hydrogen-bond donors (Lipinski definition) is 0. The maximum atomic E-state index is 10.4. The minimum absolute atomic E-state index is 0.241. The summed E-state index contributed by atoms with van der Waals surface area (Å²) in [6.45, 7) is 1.02. The fourth-order valence-corrected chi connectivity index (χ4v) is 1.95. The van der Waals surface area contributed by atoms with Crippen molar-refractivity contribution in [2.45, 2.75) is 12.8 Å². The van der Waals surface area contributed by atoms with E-state index in [0.717, 1.165) is 24.9 Å². The molecule has 1 rings (SSSR count). The highest BCUT2D eigenvalue weighted by molar-refractivity contribution is 7.13. The summed E-state index contributed by atoms with van der Waals surface area (Å²) in [5, 5.41) is 12.5. The van der Waals surface area contributed by atoms with Crippen LogP contribution in [0.5, 0.6) is 0 Å². The fourth-order valence-electron chi connectivity index (χ4n) is 1.19. The van der Waals surface area contributed by atoms with Crippen molar-refractivity contribution >= 4 is 16.3 Å². The number of rotatable bonds is 5. The summed E-state index contributed by atoms with van der Waals surface area (Å²) in [6.07, 6.45) is 1.96. The summed E-state index contributed by atoms with van der Waals surface area (Å²) in [7, 11) is 4.05. The molecule has 0 saturated heterocycles. The van der Waals surface area contributed by atoms with E-state index in [0.29, 0.717) is 0 Å². The molecule has 14 heavy (non-hydrogen) atoms. The summed E-state index contributed by atoms with van der Waals surface area (Å²) in [5.41, 5.74) is 1.07. The fraction of sp³-hybridized carbons (Fsp3) is 0.556. The Balaban J connectivity index is 2.40. The van der Waals surface area contributed by atoms with Gasteiger partial charge in [-0.2, -0.15) is 0 Å². The molecule has 0 fully saturated rings. The zero-order valence-electron chi connectivity index (χ0n) is 8.40. The van der Waals surface area contributed by atoms with E-state index in [1.165, 1.54) is 11.3 Å². The number of thiophene rings is 1. The number of hydrogen-bond acceptors (Lipinski definition) is 4. The van der Waals surface area contributed by atoms with Gasteiger partial charge in [0, 0.05) is 11.4 Å². The highest BCUT2D eigenvalue weighted by atomic mass is 32.1. The Hall–Kier alpha value is -0.940. The van der Waals surface area contributed by atoms with E-state index in [4.69, 9.17) is 0 Å². The van der Waals surface area contributed by atoms with Gasteiger partial charge in [0.25, 0.3) is 0 Å². The largest absolute Gasteiger partial charge is 0.324 e. The SMILES string of the molecule is CN(C)CCCc1csc([N+](=O)[O-])c1. The molecule has 0 aliphatic carbocycles. The Labute approximate surface area is 87.3 Å². The summed E-state index contributed by atoms with van der Waals surface area (Å²) in [5.74, 6) is 0. The first-order valence-corrected chi connectivity index (χ1v) is 5.34. The Morgan fingerprint density at radius 3 is 2.79 bits per heavy atom. The predicted molar refractivity (Wildman–Crippen MR) is 57.8 cm³/mol. The Kier molecular flexibility index (Phi) is 4.03. The molecule has 1 aromatic rings. The number of nitro groups is 1. The van der Waals surface area contributed by atoms with Crippen molar-refractivity contribution in [3.63, 3.8) is 0 Å². The second kappa shape index (κ2) is 5.07. The molecular weight excluding hydrogens is 200 g/mol. The molecule has 4 nitrogen and oxygen atoms in total. The molecule has 0 unspecified atom stereocenters. The van der Waals surface area contributed by atoms with Crippen molar-refractivity contribution in [2.75, 3.05) is 20.6 Å². The molecule has 0 saturated carbocycles. The minimum atomic E-state index is -0.333. The lowest BCUT2D eigenvalue weighted by atomic mass is 10.2. The normalized spacial score (nSPS) is 10.8. The van der Waals surface area contributed by atoms with Gasteiger partial charge in [0.05, 0.1) is 4.92 Å². The molecule has 1 aromatic heterocycles. The van der Waals surface area contributed by atoms with E-state index in [2.05, 4.69) is 4.90 Å². The first-order valence-electron chi connectivity index (χ1n) is 4.46. The van der Waals surface area contributed by atoms with Crippen LogP contribution in [-0.4, -0.2) is 30.5 Å². The van der Waals surface area contributed by atoms with Gasteiger partial charge >= 0.3 is 5.00 Å². The third kappa shape index (κ3) is 3.43. The third-order valence-corrected chi connectivity index (χ3v) is 2.82. The summed E-state index contributed by atoms with van der Waals surface area (Å²) in [4.78, 5) is 12.2. The van der Waals surface area contributed by atoms with Gasteiger partial charge in [0.15, 0.2) is 0 Å². The van der Waals surface area contributed by atoms with Crippen molar-refractivity contribution in [1.82, 2.24) is 4.90 Å². The van der Waals surface area contributed by atoms with Crippen LogP contribution < -0.4 is 0 Å². The number of aryl methyl sites for hydroxylation is 1. The van der Waals surface area contributed by atoms with Crippen molar-refractivity contribution in [1.29, 1.82) is 0 Å². The molecule has 0 bridgehead atoms. The Morgan fingerprint density at radius 2 is 2.29 bits per heavy atom. The van der Waals surface area contributed by atoms with E-state index >= 15 is 0 Å². The van der Waals surface area contributed by atoms with Gasteiger partial charge in [-0.25, -0.2) is 0 Å². The molecule has 0 N–H and O–H groups in total. The lowest BCUT2D eigenvalue weighted by Gasteiger charge is -2.07. The van der Waals surface area contributed by atoms with Crippen LogP contribution in [0.25, 0.3) is 0 Å². The van der Waals surface area contributed by atoms with Gasteiger partial charge in [-0.3, -0.25) is 10.1 Å².